The van der Waals surface area contributed by atoms with Crippen LogP contribution in [-0.4, -0.2) is 50.0 Å². The van der Waals surface area contributed by atoms with Gasteiger partial charge in [0, 0.05) is 18.9 Å². The van der Waals surface area contributed by atoms with Crippen LogP contribution in [0.2, 0.25) is 0 Å². The maximum absolute atomic E-state index is 13.4. The van der Waals surface area contributed by atoms with Gasteiger partial charge in [0.05, 0.1) is 48.1 Å². The third-order valence-corrected chi connectivity index (χ3v) is 5.09. The molecule has 3 aromatic heterocycles. The summed E-state index contributed by atoms with van der Waals surface area (Å²) in [5.74, 6) is 0.462. The van der Waals surface area contributed by atoms with Crippen molar-refractivity contribution < 1.29 is 14.3 Å². The Morgan fingerprint density at radius 2 is 2.11 bits per heavy atom. The molecule has 8 nitrogen and oxygen atoms in total. The van der Waals surface area contributed by atoms with Crippen molar-refractivity contribution in [2.45, 2.75) is 19.1 Å². The van der Waals surface area contributed by atoms with Gasteiger partial charge in [0.1, 0.15) is 12.0 Å². The summed E-state index contributed by atoms with van der Waals surface area (Å²) >= 11 is 0. The van der Waals surface area contributed by atoms with Crippen LogP contribution in [0.4, 0.5) is 15.9 Å². The Labute approximate surface area is 159 Å². The first kappa shape index (κ1) is 16.7. The van der Waals surface area contributed by atoms with E-state index in [0.717, 1.165) is 11.5 Å². The van der Waals surface area contributed by atoms with Crippen LogP contribution >= 0.6 is 0 Å². The number of nitrogens with zero attached hydrogens (tertiary/aromatic N) is 6. The van der Waals surface area contributed by atoms with Gasteiger partial charge in [-0.15, -0.1) is 0 Å². The Kier molecular flexibility index (Phi) is 3.75. The molecule has 2 aliphatic heterocycles. The number of aromatic hydroxyl groups is 1. The van der Waals surface area contributed by atoms with Gasteiger partial charge in [0.2, 0.25) is 0 Å². The maximum Gasteiger partial charge on any atom is 0.262 e. The van der Waals surface area contributed by atoms with Crippen LogP contribution < -0.4 is 9.80 Å². The molecule has 5 heterocycles. The van der Waals surface area contributed by atoms with Crippen molar-refractivity contribution in [3.63, 3.8) is 0 Å². The summed E-state index contributed by atoms with van der Waals surface area (Å²) in [5, 5.41) is 14.5. The van der Waals surface area contributed by atoms with Crippen molar-refractivity contribution in [2.24, 2.45) is 0 Å². The van der Waals surface area contributed by atoms with Gasteiger partial charge in [-0.1, -0.05) is 0 Å². The summed E-state index contributed by atoms with van der Waals surface area (Å²) in [4.78, 5) is 24.4. The topological polar surface area (TPSA) is 87.4 Å². The van der Waals surface area contributed by atoms with Crippen molar-refractivity contribution in [1.29, 1.82) is 0 Å². The molecule has 1 amide bonds. The summed E-state index contributed by atoms with van der Waals surface area (Å²) < 4.78 is 15.0. The molecule has 1 N–H and O–H groups in total. The molecule has 1 fully saturated rings. The Bertz CT molecular complexity index is 1050. The van der Waals surface area contributed by atoms with Crippen molar-refractivity contribution in [2.75, 3.05) is 22.9 Å². The summed E-state index contributed by atoms with van der Waals surface area (Å²) in [6.45, 7) is 1.31. The molecule has 5 rings (SSSR count). The summed E-state index contributed by atoms with van der Waals surface area (Å²) in [6, 6.07) is 5.28. The minimum Gasteiger partial charge on any atom is -0.504 e. The molecule has 0 aliphatic carbocycles. The fourth-order valence-electron chi connectivity index (χ4n) is 3.63. The molecule has 0 bridgehead atoms. The monoisotopic (exact) mass is 380 g/mol. The van der Waals surface area contributed by atoms with Crippen LogP contribution in [0.5, 0.6) is 5.75 Å². The molecular weight excluding hydrogens is 363 g/mol. The summed E-state index contributed by atoms with van der Waals surface area (Å²) in [5.41, 5.74) is 2.25. The number of carbonyl (C=O) groups is 1. The molecule has 0 radical (unpaired) electrons. The molecule has 28 heavy (non-hydrogen) atoms. The van der Waals surface area contributed by atoms with Gasteiger partial charge >= 0.3 is 0 Å². The average molecular weight is 380 g/mol. The van der Waals surface area contributed by atoms with E-state index in [9.17, 15) is 14.3 Å². The van der Waals surface area contributed by atoms with E-state index >= 15 is 0 Å². The Balaban J connectivity index is 1.38. The fraction of sp³-hybridized carbons (Fsp3) is 0.263. The van der Waals surface area contributed by atoms with Crippen molar-refractivity contribution in [3.8, 4) is 11.4 Å². The van der Waals surface area contributed by atoms with Gasteiger partial charge < -0.3 is 10.0 Å². The van der Waals surface area contributed by atoms with Crippen molar-refractivity contribution in [1.82, 2.24) is 19.7 Å². The highest BCUT2D eigenvalue weighted by Crippen LogP contribution is 2.33. The third-order valence-electron chi connectivity index (χ3n) is 5.09. The smallest absolute Gasteiger partial charge is 0.262 e. The first-order valence-corrected chi connectivity index (χ1v) is 8.99. The minimum atomic E-state index is -0.802. The van der Waals surface area contributed by atoms with Gasteiger partial charge in [0.15, 0.2) is 5.75 Å². The van der Waals surface area contributed by atoms with Gasteiger partial charge in [-0.2, -0.15) is 5.10 Å². The molecule has 2 aliphatic rings. The molecule has 0 aromatic carbocycles. The van der Waals surface area contributed by atoms with Crippen LogP contribution in [0.3, 0.4) is 0 Å². The predicted octanol–water partition coefficient (Wildman–Crippen LogP) is 2.08. The maximum atomic E-state index is 13.4. The Hall–Kier alpha value is -3.49. The lowest BCUT2D eigenvalue weighted by Crippen LogP contribution is -2.24. The van der Waals surface area contributed by atoms with Crippen LogP contribution in [-0.2, 0) is 6.54 Å². The second-order valence-electron chi connectivity index (χ2n) is 6.90. The number of pyridine rings is 2. The normalized spacial score (nSPS) is 18.8. The number of anilines is 2. The Morgan fingerprint density at radius 3 is 2.79 bits per heavy atom. The average Bonchev–Trinajstić information content (AvgIpc) is 3.39. The zero-order valence-corrected chi connectivity index (χ0v) is 14.9. The van der Waals surface area contributed by atoms with Gasteiger partial charge in [-0.25, -0.2) is 14.1 Å². The highest BCUT2D eigenvalue weighted by Gasteiger charge is 2.33. The molecule has 0 unspecified atom stereocenters. The number of hydrogen-bond acceptors (Lipinski definition) is 6. The van der Waals surface area contributed by atoms with E-state index in [4.69, 9.17) is 0 Å². The van der Waals surface area contributed by atoms with E-state index in [1.54, 1.807) is 23.1 Å². The first-order chi connectivity index (χ1) is 13.6. The van der Waals surface area contributed by atoms with Crippen LogP contribution in [0.25, 0.3) is 5.69 Å². The number of amides is 1. The van der Waals surface area contributed by atoms with E-state index in [1.807, 2.05) is 17.0 Å². The summed E-state index contributed by atoms with van der Waals surface area (Å²) in [7, 11) is 0. The van der Waals surface area contributed by atoms with E-state index < -0.39 is 6.17 Å². The number of hydrogen-bond donors (Lipinski definition) is 1. The number of halogens is 1. The van der Waals surface area contributed by atoms with Crippen LogP contribution in [0.15, 0.2) is 43.0 Å². The van der Waals surface area contributed by atoms with Gasteiger partial charge in [-0.05, 0) is 24.6 Å². The van der Waals surface area contributed by atoms with E-state index in [-0.39, 0.29) is 18.2 Å². The SMILES string of the molecule is O=C1c2cn(-c3ccc(N4CC[C@H](F)C4)nc3)nc2CN1c1ccncc1O. The van der Waals surface area contributed by atoms with Gasteiger partial charge in [0.25, 0.3) is 5.91 Å². The number of rotatable bonds is 3. The van der Waals surface area contributed by atoms with Crippen molar-refractivity contribution >= 4 is 17.4 Å². The van der Waals surface area contributed by atoms with E-state index in [0.29, 0.717) is 36.5 Å². The molecule has 0 saturated carbocycles. The number of aromatic nitrogens is 4. The first-order valence-electron chi connectivity index (χ1n) is 8.99. The second-order valence-corrected chi connectivity index (χ2v) is 6.90. The highest BCUT2D eigenvalue weighted by atomic mass is 19.1. The van der Waals surface area contributed by atoms with Crippen LogP contribution in [0, 0.1) is 0 Å². The molecular formula is C19H17FN6O2. The Morgan fingerprint density at radius 1 is 1.21 bits per heavy atom. The minimum absolute atomic E-state index is 0.0499. The highest BCUT2D eigenvalue weighted by molar-refractivity contribution is 6.10. The predicted molar refractivity (Wildman–Crippen MR) is 99.5 cm³/mol. The standard InChI is InChI=1S/C19H17FN6O2/c20-12-4-6-24(9-12)18-2-1-13(7-22-18)26-10-14-15(23-26)11-25(19(14)28)16-3-5-21-8-17(16)27/h1-3,5,7-8,10,12,27H,4,6,9,11H2/t12-/m0/s1. The third kappa shape index (κ3) is 2.67. The lowest BCUT2D eigenvalue weighted by molar-refractivity contribution is 0.0995. The summed E-state index contributed by atoms with van der Waals surface area (Å²) in [6.07, 6.45) is 5.89. The van der Waals surface area contributed by atoms with E-state index in [1.165, 1.54) is 17.3 Å². The molecule has 142 valence electrons. The molecule has 1 saturated heterocycles. The molecule has 9 heteroatoms. The second kappa shape index (κ2) is 6.29. The lowest BCUT2D eigenvalue weighted by Gasteiger charge is -2.17. The zero-order valence-electron chi connectivity index (χ0n) is 14.9. The molecule has 0 spiro atoms. The number of carbonyl (C=O) groups excluding carboxylic acids is 1. The fourth-order valence-corrected chi connectivity index (χ4v) is 3.63. The van der Waals surface area contributed by atoms with Gasteiger partial charge in [-0.3, -0.25) is 14.7 Å². The largest absolute Gasteiger partial charge is 0.504 e. The zero-order chi connectivity index (χ0) is 19.3. The molecule has 1 atom stereocenters. The lowest BCUT2D eigenvalue weighted by atomic mass is 10.3. The van der Waals surface area contributed by atoms with E-state index in [2.05, 4.69) is 15.1 Å². The number of fused-ring (bicyclic) bond motifs is 1. The molecule has 3 aromatic rings. The van der Waals surface area contributed by atoms with Crippen LogP contribution in [0.1, 0.15) is 22.5 Å². The number of alkyl halides is 1. The van der Waals surface area contributed by atoms with Crippen molar-refractivity contribution in [3.05, 3.63) is 54.2 Å². The quantitative estimate of drug-likeness (QED) is 0.749.